The van der Waals surface area contributed by atoms with Gasteiger partial charge in [-0.25, -0.2) is 0 Å². The lowest BCUT2D eigenvalue weighted by atomic mass is 9.91. The van der Waals surface area contributed by atoms with Crippen LogP contribution in [0.1, 0.15) is 57.6 Å². The molecule has 0 bridgehead atoms. The molecule has 2 aromatic rings. The van der Waals surface area contributed by atoms with Crippen molar-refractivity contribution in [1.29, 1.82) is 0 Å². The molecule has 2 heteroatoms. The molecule has 1 aromatic heterocycles. The molecular weight excluding hydrogens is 234 g/mol. The van der Waals surface area contributed by atoms with Crippen molar-refractivity contribution in [2.45, 2.75) is 53.0 Å². The van der Waals surface area contributed by atoms with Gasteiger partial charge < -0.3 is 4.57 Å². The van der Waals surface area contributed by atoms with Gasteiger partial charge in [-0.3, -0.25) is 4.79 Å². The minimum Gasteiger partial charge on any atom is -0.315 e. The van der Waals surface area contributed by atoms with E-state index in [1.165, 1.54) is 11.1 Å². The standard InChI is InChI=1S/C17H23NO/c1-6-18-8-7-14-15(12(4)5)9-13(11(2)3)10-16(14)17(18)19/h7-12H,6H2,1-5H3. The molecule has 0 aliphatic carbocycles. The summed E-state index contributed by atoms with van der Waals surface area (Å²) in [5.41, 5.74) is 2.66. The van der Waals surface area contributed by atoms with E-state index in [0.29, 0.717) is 11.8 Å². The Bertz CT molecular complexity index is 650. The Hall–Kier alpha value is -1.57. The molecule has 0 N–H and O–H groups in total. The molecule has 0 fully saturated rings. The van der Waals surface area contributed by atoms with Crippen molar-refractivity contribution in [1.82, 2.24) is 4.57 Å². The molecule has 0 unspecified atom stereocenters. The lowest BCUT2D eigenvalue weighted by Gasteiger charge is -2.15. The van der Waals surface area contributed by atoms with Gasteiger partial charge in [0.05, 0.1) is 0 Å². The smallest absolute Gasteiger partial charge is 0.258 e. The molecule has 1 heterocycles. The average Bonchev–Trinajstić information content (AvgIpc) is 2.38. The Labute approximate surface area is 115 Å². The summed E-state index contributed by atoms with van der Waals surface area (Å²) in [5.74, 6) is 0.870. The third kappa shape index (κ3) is 2.44. The van der Waals surface area contributed by atoms with Crippen LogP contribution in [-0.4, -0.2) is 4.57 Å². The lowest BCUT2D eigenvalue weighted by molar-refractivity contribution is 0.733. The van der Waals surface area contributed by atoms with E-state index >= 15 is 0 Å². The van der Waals surface area contributed by atoms with Crippen molar-refractivity contribution < 1.29 is 0 Å². The molecule has 0 aliphatic heterocycles. The maximum absolute atomic E-state index is 12.5. The van der Waals surface area contributed by atoms with Crippen molar-refractivity contribution in [3.05, 3.63) is 45.9 Å². The third-order valence-electron chi connectivity index (χ3n) is 3.78. The second kappa shape index (κ2) is 5.20. The van der Waals surface area contributed by atoms with E-state index in [4.69, 9.17) is 0 Å². The molecule has 0 atom stereocenters. The Morgan fingerprint density at radius 3 is 2.26 bits per heavy atom. The second-order valence-electron chi connectivity index (χ2n) is 5.79. The van der Waals surface area contributed by atoms with Crippen molar-refractivity contribution >= 4 is 10.8 Å². The minimum absolute atomic E-state index is 0.129. The Kier molecular flexibility index (Phi) is 3.79. The van der Waals surface area contributed by atoms with E-state index in [0.717, 1.165) is 17.3 Å². The highest BCUT2D eigenvalue weighted by Crippen LogP contribution is 2.28. The van der Waals surface area contributed by atoms with Gasteiger partial charge in [-0.05, 0) is 47.4 Å². The third-order valence-corrected chi connectivity index (χ3v) is 3.78. The molecule has 2 nitrogen and oxygen atoms in total. The normalized spacial score (nSPS) is 11.7. The molecule has 102 valence electrons. The zero-order chi connectivity index (χ0) is 14.2. The molecule has 19 heavy (non-hydrogen) atoms. The molecule has 0 saturated heterocycles. The van der Waals surface area contributed by atoms with Crippen LogP contribution in [0.3, 0.4) is 0 Å². The minimum atomic E-state index is 0.129. The first kappa shape index (κ1) is 13.9. The number of hydrogen-bond donors (Lipinski definition) is 0. The highest BCUT2D eigenvalue weighted by molar-refractivity contribution is 5.86. The van der Waals surface area contributed by atoms with Crippen LogP contribution in [0.2, 0.25) is 0 Å². The van der Waals surface area contributed by atoms with Crippen molar-refractivity contribution in [2.24, 2.45) is 0 Å². The van der Waals surface area contributed by atoms with E-state index in [9.17, 15) is 4.79 Å². The number of nitrogens with zero attached hydrogens (tertiary/aromatic N) is 1. The van der Waals surface area contributed by atoms with Gasteiger partial charge in [0.25, 0.3) is 5.56 Å². The first-order valence-corrected chi connectivity index (χ1v) is 7.12. The van der Waals surface area contributed by atoms with E-state index in [1.54, 1.807) is 4.57 Å². The van der Waals surface area contributed by atoms with Gasteiger partial charge in [0.15, 0.2) is 0 Å². The summed E-state index contributed by atoms with van der Waals surface area (Å²) < 4.78 is 1.77. The SMILES string of the molecule is CCn1ccc2c(C(C)C)cc(C(C)C)cc2c1=O. The summed E-state index contributed by atoms with van der Waals surface area (Å²) >= 11 is 0. The van der Waals surface area contributed by atoms with Crippen LogP contribution in [0.4, 0.5) is 0 Å². The quantitative estimate of drug-likeness (QED) is 0.805. The number of aryl methyl sites for hydroxylation is 1. The molecule has 2 rings (SSSR count). The van der Waals surface area contributed by atoms with Gasteiger partial charge >= 0.3 is 0 Å². The van der Waals surface area contributed by atoms with Crippen LogP contribution < -0.4 is 5.56 Å². The van der Waals surface area contributed by atoms with Gasteiger partial charge in [-0.15, -0.1) is 0 Å². The molecule has 1 aromatic carbocycles. The number of rotatable bonds is 3. The molecular formula is C17H23NO. The largest absolute Gasteiger partial charge is 0.315 e. The molecule has 0 amide bonds. The van der Waals surface area contributed by atoms with Gasteiger partial charge in [0.1, 0.15) is 0 Å². The summed E-state index contributed by atoms with van der Waals surface area (Å²) in [6.45, 7) is 11.4. The Morgan fingerprint density at radius 1 is 1.05 bits per heavy atom. The van der Waals surface area contributed by atoms with Gasteiger partial charge in [-0.2, -0.15) is 0 Å². The zero-order valence-electron chi connectivity index (χ0n) is 12.5. The van der Waals surface area contributed by atoms with E-state index in [-0.39, 0.29) is 5.56 Å². The predicted octanol–water partition coefficient (Wildman–Crippen LogP) is 4.27. The maximum atomic E-state index is 12.5. The van der Waals surface area contributed by atoms with Gasteiger partial charge in [0, 0.05) is 18.1 Å². The van der Waals surface area contributed by atoms with Crippen LogP contribution in [0.5, 0.6) is 0 Å². The average molecular weight is 257 g/mol. The fourth-order valence-electron chi connectivity index (χ4n) is 2.51. The first-order valence-electron chi connectivity index (χ1n) is 7.12. The molecule has 0 aliphatic rings. The lowest BCUT2D eigenvalue weighted by Crippen LogP contribution is -2.19. The summed E-state index contributed by atoms with van der Waals surface area (Å²) in [5, 5.41) is 1.97. The number of fused-ring (bicyclic) bond motifs is 1. The van der Waals surface area contributed by atoms with Gasteiger partial charge in [0.2, 0.25) is 0 Å². The van der Waals surface area contributed by atoms with Crippen LogP contribution in [0.15, 0.2) is 29.2 Å². The van der Waals surface area contributed by atoms with Crippen molar-refractivity contribution in [2.75, 3.05) is 0 Å². The summed E-state index contributed by atoms with van der Waals surface area (Å²) in [7, 11) is 0. The van der Waals surface area contributed by atoms with Crippen LogP contribution >= 0.6 is 0 Å². The highest BCUT2D eigenvalue weighted by atomic mass is 16.1. The number of aromatic nitrogens is 1. The molecule has 0 radical (unpaired) electrons. The van der Waals surface area contributed by atoms with Crippen LogP contribution in [-0.2, 0) is 6.54 Å². The topological polar surface area (TPSA) is 22.0 Å². The summed E-state index contributed by atoms with van der Waals surface area (Å²) in [6, 6.07) is 6.41. The fraction of sp³-hybridized carbons (Fsp3) is 0.471. The number of benzene rings is 1. The Balaban J connectivity index is 2.87. The second-order valence-corrected chi connectivity index (χ2v) is 5.79. The number of pyridine rings is 1. The first-order chi connectivity index (χ1) is 8.95. The fourth-order valence-corrected chi connectivity index (χ4v) is 2.51. The Morgan fingerprint density at radius 2 is 1.74 bits per heavy atom. The van der Waals surface area contributed by atoms with Gasteiger partial charge in [-0.1, -0.05) is 33.8 Å². The maximum Gasteiger partial charge on any atom is 0.258 e. The van der Waals surface area contributed by atoms with E-state index < -0.39 is 0 Å². The molecule has 0 spiro atoms. The van der Waals surface area contributed by atoms with E-state index in [2.05, 4.69) is 45.9 Å². The predicted molar refractivity (Wildman–Crippen MR) is 82.1 cm³/mol. The monoisotopic (exact) mass is 257 g/mol. The summed E-state index contributed by atoms with van der Waals surface area (Å²) in [6.07, 6.45) is 1.91. The van der Waals surface area contributed by atoms with Crippen molar-refractivity contribution in [3.63, 3.8) is 0 Å². The van der Waals surface area contributed by atoms with Crippen LogP contribution in [0, 0.1) is 0 Å². The molecule has 0 saturated carbocycles. The summed E-state index contributed by atoms with van der Waals surface area (Å²) in [4.78, 5) is 12.5. The van der Waals surface area contributed by atoms with Crippen molar-refractivity contribution in [3.8, 4) is 0 Å². The number of hydrogen-bond acceptors (Lipinski definition) is 1. The van der Waals surface area contributed by atoms with E-state index in [1.807, 2.05) is 13.1 Å². The van der Waals surface area contributed by atoms with Crippen LogP contribution in [0.25, 0.3) is 10.8 Å². The highest BCUT2D eigenvalue weighted by Gasteiger charge is 2.12. The zero-order valence-corrected chi connectivity index (χ0v) is 12.5.